The lowest BCUT2D eigenvalue weighted by Gasteiger charge is -2.28. The molecule has 0 radical (unpaired) electrons. The van der Waals surface area contributed by atoms with Crippen LogP contribution in [0.25, 0.3) is 0 Å². The molecular weight excluding hydrogens is 368 g/mol. The molecule has 0 saturated carbocycles. The molecule has 2 N–H and O–H groups in total. The Morgan fingerprint density at radius 1 is 1.10 bits per heavy atom. The standard InChI is InChI=1S/C22H28N4O3/c1-4-23-22(25-18-9-10-19(28-2)20(13-18)29-3)24-14-21(27)26-12-11-16-7-5-6-8-17(16)15-26/h5-10,13H,4,11-12,14-15H2,1-3H3,(H2,23,24,25). The van der Waals surface area contributed by atoms with Crippen LogP contribution < -0.4 is 20.1 Å². The first-order valence-electron chi connectivity index (χ1n) is 9.76. The summed E-state index contributed by atoms with van der Waals surface area (Å²) in [5, 5.41) is 6.38. The molecule has 7 nitrogen and oxygen atoms in total. The van der Waals surface area contributed by atoms with Gasteiger partial charge >= 0.3 is 0 Å². The van der Waals surface area contributed by atoms with Crippen molar-refractivity contribution < 1.29 is 14.3 Å². The fourth-order valence-electron chi connectivity index (χ4n) is 3.31. The van der Waals surface area contributed by atoms with Crippen LogP contribution in [0, 0.1) is 0 Å². The zero-order valence-corrected chi connectivity index (χ0v) is 17.2. The summed E-state index contributed by atoms with van der Waals surface area (Å²) >= 11 is 0. The Morgan fingerprint density at radius 3 is 2.59 bits per heavy atom. The van der Waals surface area contributed by atoms with E-state index in [0.29, 0.717) is 30.5 Å². The van der Waals surface area contributed by atoms with E-state index in [0.717, 1.165) is 18.7 Å². The Balaban J connectivity index is 1.65. The zero-order chi connectivity index (χ0) is 20.6. The number of aliphatic imine (C=N–C) groups is 1. The molecule has 2 aromatic rings. The SMILES string of the molecule is CCNC(=NCC(=O)N1CCc2ccccc2C1)Nc1ccc(OC)c(OC)c1. The van der Waals surface area contributed by atoms with Gasteiger partial charge in [-0.05, 0) is 36.6 Å². The molecule has 3 rings (SSSR count). The predicted molar refractivity (Wildman–Crippen MR) is 115 cm³/mol. The van der Waals surface area contributed by atoms with Gasteiger partial charge in [0.2, 0.25) is 5.91 Å². The second kappa shape index (κ2) is 9.82. The van der Waals surface area contributed by atoms with Gasteiger partial charge < -0.3 is 25.0 Å². The molecule has 154 valence electrons. The number of rotatable bonds is 6. The summed E-state index contributed by atoms with van der Waals surface area (Å²) in [6.07, 6.45) is 0.885. The maximum atomic E-state index is 12.7. The molecule has 1 aliphatic rings. The van der Waals surface area contributed by atoms with Gasteiger partial charge in [-0.15, -0.1) is 0 Å². The fourth-order valence-corrected chi connectivity index (χ4v) is 3.31. The Kier molecular flexibility index (Phi) is 6.94. The topological polar surface area (TPSA) is 75.2 Å². The first kappa shape index (κ1) is 20.5. The van der Waals surface area contributed by atoms with Crippen molar-refractivity contribution in [1.29, 1.82) is 0 Å². The predicted octanol–water partition coefficient (Wildman–Crippen LogP) is 2.67. The third-order valence-electron chi connectivity index (χ3n) is 4.85. The summed E-state index contributed by atoms with van der Waals surface area (Å²) < 4.78 is 10.6. The van der Waals surface area contributed by atoms with E-state index in [2.05, 4.69) is 27.8 Å². The summed E-state index contributed by atoms with van der Waals surface area (Å²) in [6, 6.07) is 13.8. The lowest BCUT2D eigenvalue weighted by Crippen LogP contribution is -2.38. The highest BCUT2D eigenvalue weighted by atomic mass is 16.5. The number of methoxy groups -OCH3 is 2. The molecule has 0 unspecified atom stereocenters. The van der Waals surface area contributed by atoms with E-state index in [4.69, 9.17) is 9.47 Å². The van der Waals surface area contributed by atoms with Crippen molar-refractivity contribution in [3.05, 3.63) is 53.6 Å². The highest BCUT2D eigenvalue weighted by Gasteiger charge is 2.20. The van der Waals surface area contributed by atoms with Gasteiger partial charge in [0.25, 0.3) is 0 Å². The number of hydrogen-bond acceptors (Lipinski definition) is 4. The van der Waals surface area contributed by atoms with Crippen molar-refractivity contribution in [2.45, 2.75) is 19.9 Å². The number of benzene rings is 2. The van der Waals surface area contributed by atoms with Gasteiger partial charge in [-0.2, -0.15) is 0 Å². The summed E-state index contributed by atoms with van der Waals surface area (Å²) in [6.45, 7) is 4.12. The number of carbonyl (C=O) groups is 1. The number of anilines is 1. The molecule has 0 bridgehead atoms. The molecule has 29 heavy (non-hydrogen) atoms. The number of nitrogens with zero attached hydrogens (tertiary/aromatic N) is 2. The molecule has 0 atom stereocenters. The molecular formula is C22H28N4O3. The largest absolute Gasteiger partial charge is 0.493 e. The third-order valence-corrected chi connectivity index (χ3v) is 4.85. The van der Waals surface area contributed by atoms with Crippen molar-refractivity contribution in [2.75, 3.05) is 39.2 Å². The van der Waals surface area contributed by atoms with Crippen LogP contribution in [0.4, 0.5) is 5.69 Å². The minimum atomic E-state index is 0.0176. The van der Waals surface area contributed by atoms with Gasteiger partial charge in [-0.1, -0.05) is 24.3 Å². The molecule has 0 aromatic heterocycles. The van der Waals surface area contributed by atoms with Crippen molar-refractivity contribution in [2.24, 2.45) is 4.99 Å². The van der Waals surface area contributed by atoms with Crippen LogP contribution in [0.3, 0.4) is 0 Å². The quantitative estimate of drug-likeness (QED) is 0.580. The summed E-state index contributed by atoms with van der Waals surface area (Å²) in [4.78, 5) is 19.0. The number of hydrogen-bond donors (Lipinski definition) is 2. The molecule has 7 heteroatoms. The first-order valence-corrected chi connectivity index (χ1v) is 9.76. The molecule has 0 fully saturated rings. The van der Waals surface area contributed by atoms with E-state index in [-0.39, 0.29) is 12.5 Å². The maximum absolute atomic E-state index is 12.7. The average molecular weight is 396 g/mol. The first-order chi connectivity index (χ1) is 14.1. The van der Waals surface area contributed by atoms with Crippen molar-refractivity contribution in [1.82, 2.24) is 10.2 Å². The molecule has 1 aliphatic heterocycles. The Labute approximate surface area is 171 Å². The number of carbonyl (C=O) groups excluding carboxylic acids is 1. The summed E-state index contributed by atoms with van der Waals surface area (Å²) in [5.41, 5.74) is 3.33. The minimum absolute atomic E-state index is 0.0176. The number of fused-ring (bicyclic) bond motifs is 1. The van der Waals surface area contributed by atoms with Gasteiger partial charge in [0.15, 0.2) is 17.5 Å². The highest BCUT2D eigenvalue weighted by molar-refractivity contribution is 5.95. The van der Waals surface area contributed by atoms with Gasteiger partial charge in [-0.25, -0.2) is 4.99 Å². The van der Waals surface area contributed by atoms with Crippen molar-refractivity contribution in [3.63, 3.8) is 0 Å². The van der Waals surface area contributed by atoms with Crippen molar-refractivity contribution in [3.8, 4) is 11.5 Å². The lowest BCUT2D eigenvalue weighted by atomic mass is 10.00. The second-order valence-corrected chi connectivity index (χ2v) is 6.72. The molecule has 1 amide bonds. The van der Waals surface area contributed by atoms with Gasteiger partial charge in [0.1, 0.15) is 6.54 Å². The van der Waals surface area contributed by atoms with Crippen LogP contribution in [0.2, 0.25) is 0 Å². The second-order valence-electron chi connectivity index (χ2n) is 6.72. The summed E-state index contributed by atoms with van der Waals surface area (Å²) in [5.74, 6) is 1.84. The maximum Gasteiger partial charge on any atom is 0.244 e. The van der Waals surface area contributed by atoms with E-state index in [1.165, 1.54) is 11.1 Å². The van der Waals surface area contributed by atoms with Crippen LogP contribution >= 0.6 is 0 Å². The van der Waals surface area contributed by atoms with E-state index in [1.54, 1.807) is 14.2 Å². The van der Waals surface area contributed by atoms with E-state index < -0.39 is 0 Å². The van der Waals surface area contributed by atoms with Crippen LogP contribution in [0.5, 0.6) is 11.5 Å². The fraction of sp³-hybridized carbons (Fsp3) is 0.364. The number of ether oxygens (including phenoxy) is 2. The zero-order valence-electron chi connectivity index (χ0n) is 17.2. The number of guanidine groups is 1. The van der Waals surface area contributed by atoms with E-state index >= 15 is 0 Å². The Morgan fingerprint density at radius 2 is 1.86 bits per heavy atom. The van der Waals surface area contributed by atoms with Gasteiger partial charge in [-0.3, -0.25) is 4.79 Å². The third kappa shape index (κ3) is 5.19. The molecule has 0 saturated heterocycles. The highest BCUT2D eigenvalue weighted by Crippen LogP contribution is 2.29. The molecule has 1 heterocycles. The monoisotopic (exact) mass is 396 g/mol. The van der Waals surface area contributed by atoms with Crippen molar-refractivity contribution >= 4 is 17.6 Å². The van der Waals surface area contributed by atoms with Gasteiger partial charge in [0, 0.05) is 31.4 Å². The normalized spacial score (nSPS) is 13.5. The van der Waals surface area contributed by atoms with Crippen LogP contribution in [0.1, 0.15) is 18.1 Å². The molecule has 0 spiro atoms. The molecule has 2 aromatic carbocycles. The number of amides is 1. The average Bonchev–Trinajstić information content (AvgIpc) is 2.76. The van der Waals surface area contributed by atoms with Crippen LogP contribution in [-0.2, 0) is 17.8 Å². The Hall–Kier alpha value is -3.22. The van der Waals surface area contributed by atoms with Gasteiger partial charge in [0.05, 0.1) is 14.2 Å². The van der Waals surface area contributed by atoms with Crippen LogP contribution in [-0.4, -0.2) is 50.6 Å². The minimum Gasteiger partial charge on any atom is -0.493 e. The van der Waals surface area contributed by atoms with E-state index in [1.807, 2.05) is 42.2 Å². The number of nitrogens with one attached hydrogen (secondary N) is 2. The summed E-state index contributed by atoms with van der Waals surface area (Å²) in [7, 11) is 3.19. The lowest BCUT2D eigenvalue weighted by molar-refractivity contribution is -0.130. The van der Waals surface area contributed by atoms with Crippen LogP contribution in [0.15, 0.2) is 47.5 Å². The van der Waals surface area contributed by atoms with E-state index in [9.17, 15) is 4.79 Å². The molecule has 0 aliphatic carbocycles. The Bertz CT molecular complexity index is 882. The smallest absolute Gasteiger partial charge is 0.244 e.